The quantitative estimate of drug-likeness (QED) is 0.552. The van der Waals surface area contributed by atoms with Crippen molar-refractivity contribution in [3.05, 3.63) is 65.4 Å². The van der Waals surface area contributed by atoms with Gasteiger partial charge >= 0.3 is 0 Å². The van der Waals surface area contributed by atoms with E-state index in [0.29, 0.717) is 6.42 Å². The third-order valence-electron chi connectivity index (χ3n) is 7.52. The first-order valence-corrected chi connectivity index (χ1v) is 13.5. The number of benzene rings is 2. The molecule has 3 heterocycles. The van der Waals surface area contributed by atoms with Crippen LogP contribution in [0.1, 0.15) is 61.8 Å². The van der Waals surface area contributed by atoms with Gasteiger partial charge in [0.1, 0.15) is 4.75 Å². The number of rotatable bonds is 6. The first-order chi connectivity index (χ1) is 15.0. The smallest absolute Gasteiger partial charge is 0.159 e. The number of aromatic amines is 1. The molecule has 164 valence electrons. The monoisotopic (exact) mass is 436 g/mol. The van der Waals surface area contributed by atoms with Crippen molar-refractivity contribution in [3.8, 4) is 0 Å². The van der Waals surface area contributed by atoms with Crippen LogP contribution in [0, 0.1) is 0 Å². The summed E-state index contributed by atoms with van der Waals surface area (Å²) >= 11 is 0. The predicted octanol–water partition coefficient (Wildman–Crippen LogP) is 5.54. The van der Waals surface area contributed by atoms with Gasteiger partial charge in [0.15, 0.2) is 9.84 Å². The zero-order valence-corrected chi connectivity index (χ0v) is 19.3. The maximum Gasteiger partial charge on any atom is 0.159 e. The highest BCUT2D eigenvalue weighted by Gasteiger charge is 2.52. The van der Waals surface area contributed by atoms with E-state index in [4.69, 9.17) is 0 Å². The standard InChI is InChI=1S/C26H32N2O2S/c1-3-4-15-26(31(2,29)30,24-18-20-9-5-6-13-23(20)27-24)22-14-17-28-16-8-11-19-10-7-12-21(22)25(19)28/h5-7,9-10,12-13,18,22,27H,3-4,8,11,14-17H2,1-2H3. The SMILES string of the molecule is CCCCC(c1cc2ccccc2[nH]1)(C1CCN2CCCc3cccc1c32)S(C)(=O)=O. The molecule has 5 rings (SSSR count). The number of hydrogen-bond donors (Lipinski definition) is 1. The second kappa shape index (κ2) is 7.70. The minimum Gasteiger partial charge on any atom is -0.371 e. The Balaban J connectivity index is 1.77. The number of sulfone groups is 1. The Hall–Kier alpha value is -2.27. The molecule has 0 saturated carbocycles. The van der Waals surface area contributed by atoms with E-state index in [0.717, 1.165) is 55.4 Å². The number of hydrogen-bond acceptors (Lipinski definition) is 3. The average molecular weight is 437 g/mol. The summed E-state index contributed by atoms with van der Waals surface area (Å²) in [4.78, 5) is 6.03. The molecule has 1 aromatic heterocycles. The van der Waals surface area contributed by atoms with Crippen molar-refractivity contribution in [2.75, 3.05) is 24.2 Å². The summed E-state index contributed by atoms with van der Waals surface area (Å²) in [5, 5.41) is 1.08. The van der Waals surface area contributed by atoms with Crippen molar-refractivity contribution in [2.45, 2.75) is 56.1 Å². The minimum atomic E-state index is -3.41. The van der Waals surface area contributed by atoms with Gasteiger partial charge in [-0.1, -0.05) is 56.2 Å². The van der Waals surface area contributed by atoms with Crippen LogP contribution >= 0.6 is 0 Å². The van der Waals surface area contributed by atoms with Crippen LogP contribution in [0.25, 0.3) is 10.9 Å². The van der Waals surface area contributed by atoms with Gasteiger partial charge < -0.3 is 9.88 Å². The van der Waals surface area contributed by atoms with E-state index >= 15 is 0 Å². The lowest BCUT2D eigenvalue weighted by molar-refractivity contribution is 0.375. The molecule has 0 saturated heterocycles. The molecule has 0 aliphatic carbocycles. The first-order valence-electron chi connectivity index (χ1n) is 11.6. The molecule has 2 unspecified atom stereocenters. The summed E-state index contributed by atoms with van der Waals surface area (Å²) in [6, 6.07) is 16.8. The third kappa shape index (κ3) is 3.20. The Bertz CT molecular complexity index is 1180. The minimum absolute atomic E-state index is 0.0496. The zero-order chi connectivity index (χ0) is 21.6. The second-order valence-corrected chi connectivity index (χ2v) is 11.6. The molecule has 0 fully saturated rings. The number of aromatic nitrogens is 1. The lowest BCUT2D eigenvalue weighted by atomic mass is 9.74. The van der Waals surface area contributed by atoms with Crippen LogP contribution < -0.4 is 4.90 Å². The highest BCUT2D eigenvalue weighted by Crippen LogP contribution is 2.54. The Labute approximate surface area is 185 Å². The van der Waals surface area contributed by atoms with Gasteiger partial charge in [0.05, 0.1) is 0 Å². The first kappa shape index (κ1) is 20.6. The Morgan fingerprint density at radius 3 is 2.74 bits per heavy atom. The maximum atomic E-state index is 13.8. The molecule has 0 radical (unpaired) electrons. The summed E-state index contributed by atoms with van der Waals surface area (Å²) in [5.41, 5.74) is 5.78. The fraction of sp³-hybridized carbons (Fsp3) is 0.462. The van der Waals surface area contributed by atoms with Gasteiger partial charge in [-0.3, -0.25) is 0 Å². The molecular weight excluding hydrogens is 404 g/mol. The number of nitrogens with zero attached hydrogens (tertiary/aromatic N) is 1. The van der Waals surface area contributed by atoms with E-state index in [-0.39, 0.29) is 5.92 Å². The van der Waals surface area contributed by atoms with Crippen LogP contribution in [0.5, 0.6) is 0 Å². The molecule has 2 atom stereocenters. The summed E-state index contributed by atoms with van der Waals surface area (Å²) in [7, 11) is -3.41. The van der Waals surface area contributed by atoms with E-state index in [1.54, 1.807) is 0 Å². The highest BCUT2D eigenvalue weighted by atomic mass is 32.2. The van der Waals surface area contributed by atoms with E-state index in [2.05, 4.69) is 47.1 Å². The van der Waals surface area contributed by atoms with Crippen molar-refractivity contribution < 1.29 is 8.42 Å². The molecule has 1 N–H and O–H groups in total. The molecular formula is C26H32N2O2S. The second-order valence-electron chi connectivity index (χ2n) is 9.32. The molecule has 2 aliphatic heterocycles. The molecule has 0 bridgehead atoms. The fourth-order valence-corrected chi connectivity index (χ4v) is 7.87. The van der Waals surface area contributed by atoms with E-state index in [1.165, 1.54) is 29.5 Å². The normalized spacial score (nSPS) is 20.5. The average Bonchev–Trinajstić information content (AvgIpc) is 3.19. The number of fused-ring (bicyclic) bond motifs is 1. The molecule has 2 aliphatic rings. The Morgan fingerprint density at radius 1 is 1.13 bits per heavy atom. The maximum absolute atomic E-state index is 13.8. The lowest BCUT2D eigenvalue weighted by Gasteiger charge is -2.47. The number of H-pyrrole nitrogens is 1. The van der Waals surface area contributed by atoms with Gasteiger partial charge in [-0.25, -0.2) is 8.42 Å². The van der Waals surface area contributed by atoms with Crippen LogP contribution in [0.15, 0.2) is 48.5 Å². The third-order valence-corrected chi connectivity index (χ3v) is 9.55. The largest absolute Gasteiger partial charge is 0.371 e. The Morgan fingerprint density at radius 2 is 1.97 bits per heavy atom. The summed E-state index contributed by atoms with van der Waals surface area (Å²) in [6.45, 7) is 4.15. The zero-order valence-electron chi connectivity index (χ0n) is 18.5. The fourth-order valence-electron chi connectivity index (χ4n) is 6.08. The van der Waals surface area contributed by atoms with Gasteiger partial charge in [0.2, 0.25) is 0 Å². The van der Waals surface area contributed by atoms with E-state index in [9.17, 15) is 8.42 Å². The number of unbranched alkanes of at least 4 members (excludes halogenated alkanes) is 1. The van der Waals surface area contributed by atoms with Gasteiger partial charge in [0, 0.05) is 42.2 Å². The van der Waals surface area contributed by atoms with Crippen molar-refractivity contribution >= 4 is 26.4 Å². The molecule has 5 heteroatoms. The van der Waals surface area contributed by atoms with Gasteiger partial charge in [-0.15, -0.1) is 0 Å². The summed E-state index contributed by atoms with van der Waals surface area (Å²) < 4.78 is 26.6. The molecule has 0 amide bonds. The number of aryl methyl sites for hydroxylation is 1. The van der Waals surface area contributed by atoms with Crippen molar-refractivity contribution in [1.29, 1.82) is 0 Å². The van der Waals surface area contributed by atoms with Crippen molar-refractivity contribution in [1.82, 2.24) is 4.98 Å². The predicted molar refractivity (Wildman–Crippen MR) is 129 cm³/mol. The summed E-state index contributed by atoms with van der Waals surface area (Å²) in [6.07, 6.45) is 7.08. The molecule has 0 spiro atoms. The van der Waals surface area contributed by atoms with Crippen LogP contribution in [-0.4, -0.2) is 32.7 Å². The van der Waals surface area contributed by atoms with Gasteiger partial charge in [-0.2, -0.15) is 0 Å². The number of para-hydroxylation sites is 2. The molecule has 3 aromatic rings. The van der Waals surface area contributed by atoms with Gasteiger partial charge in [0.25, 0.3) is 0 Å². The molecule has 2 aromatic carbocycles. The van der Waals surface area contributed by atoms with E-state index in [1.807, 2.05) is 18.2 Å². The molecule has 4 nitrogen and oxygen atoms in total. The van der Waals surface area contributed by atoms with Crippen molar-refractivity contribution in [3.63, 3.8) is 0 Å². The van der Waals surface area contributed by atoms with Crippen LogP contribution in [-0.2, 0) is 21.0 Å². The van der Waals surface area contributed by atoms with Crippen molar-refractivity contribution in [2.24, 2.45) is 0 Å². The van der Waals surface area contributed by atoms with E-state index < -0.39 is 14.6 Å². The molecule has 31 heavy (non-hydrogen) atoms. The van der Waals surface area contributed by atoms with Crippen LogP contribution in [0.2, 0.25) is 0 Å². The number of nitrogens with one attached hydrogen (secondary N) is 1. The van der Waals surface area contributed by atoms with Crippen LogP contribution in [0.4, 0.5) is 5.69 Å². The Kier molecular flexibility index (Phi) is 5.12. The number of anilines is 1. The highest BCUT2D eigenvalue weighted by molar-refractivity contribution is 7.91. The summed E-state index contributed by atoms with van der Waals surface area (Å²) in [5.74, 6) is -0.0496. The topological polar surface area (TPSA) is 53.2 Å². The van der Waals surface area contributed by atoms with Gasteiger partial charge in [-0.05, 0) is 54.3 Å². The van der Waals surface area contributed by atoms with Crippen LogP contribution in [0.3, 0.4) is 0 Å². The lowest BCUT2D eigenvalue weighted by Crippen LogP contribution is -2.46.